The zero-order valence-electron chi connectivity index (χ0n) is 10.2. The standard InChI is InChI=1S/C11H16N6S/c1-18-11(3-2-4-11)6-13-8-7-5-14-17-9(7)16-10(12)15-8/h5H,2-4,6H2,1H3,(H4,12,13,14,15,16,17). The number of aromatic nitrogens is 4. The minimum Gasteiger partial charge on any atom is -0.368 e. The fourth-order valence-corrected chi connectivity index (χ4v) is 3.17. The maximum absolute atomic E-state index is 5.69. The fourth-order valence-electron chi connectivity index (χ4n) is 2.26. The molecule has 2 heterocycles. The van der Waals surface area contributed by atoms with Crippen LogP contribution >= 0.6 is 11.8 Å². The van der Waals surface area contributed by atoms with Gasteiger partial charge in [0, 0.05) is 11.3 Å². The SMILES string of the molecule is CSC1(CNc2nc(N)nc3[nH]ncc23)CCC1. The molecule has 6 nitrogen and oxygen atoms in total. The van der Waals surface area contributed by atoms with Gasteiger partial charge in [0.15, 0.2) is 5.65 Å². The second kappa shape index (κ2) is 4.31. The van der Waals surface area contributed by atoms with Crippen LogP contribution in [0.1, 0.15) is 19.3 Å². The predicted molar refractivity (Wildman–Crippen MR) is 74.7 cm³/mol. The number of hydrogen-bond donors (Lipinski definition) is 3. The Balaban J connectivity index is 1.83. The molecule has 96 valence electrons. The van der Waals surface area contributed by atoms with E-state index in [1.165, 1.54) is 19.3 Å². The molecule has 7 heteroatoms. The summed E-state index contributed by atoms with van der Waals surface area (Å²) in [4.78, 5) is 8.35. The molecule has 0 atom stereocenters. The molecule has 0 aliphatic heterocycles. The van der Waals surface area contributed by atoms with Crippen LogP contribution in [0.5, 0.6) is 0 Å². The summed E-state index contributed by atoms with van der Waals surface area (Å²) in [6, 6.07) is 0. The van der Waals surface area contributed by atoms with Crippen molar-refractivity contribution in [3.63, 3.8) is 0 Å². The van der Waals surface area contributed by atoms with Gasteiger partial charge >= 0.3 is 0 Å². The molecule has 0 amide bonds. The minimum absolute atomic E-state index is 0.265. The highest BCUT2D eigenvalue weighted by Crippen LogP contribution is 2.42. The van der Waals surface area contributed by atoms with Crippen LogP contribution in [-0.4, -0.2) is 37.7 Å². The van der Waals surface area contributed by atoms with E-state index in [-0.39, 0.29) is 5.95 Å². The molecular weight excluding hydrogens is 248 g/mol. The van der Waals surface area contributed by atoms with Crippen molar-refractivity contribution in [1.29, 1.82) is 0 Å². The quantitative estimate of drug-likeness (QED) is 0.777. The monoisotopic (exact) mass is 264 g/mol. The summed E-state index contributed by atoms with van der Waals surface area (Å²) >= 11 is 1.93. The van der Waals surface area contributed by atoms with Crippen LogP contribution in [0, 0.1) is 0 Å². The smallest absolute Gasteiger partial charge is 0.224 e. The maximum atomic E-state index is 5.69. The Kier molecular flexibility index (Phi) is 2.77. The number of H-pyrrole nitrogens is 1. The molecule has 2 aromatic rings. The first kappa shape index (κ1) is 11.6. The third-order valence-electron chi connectivity index (χ3n) is 3.60. The van der Waals surface area contributed by atoms with Gasteiger partial charge in [-0.2, -0.15) is 26.8 Å². The van der Waals surface area contributed by atoms with E-state index in [9.17, 15) is 0 Å². The summed E-state index contributed by atoms with van der Waals surface area (Å²) < 4.78 is 0.357. The van der Waals surface area contributed by atoms with Gasteiger partial charge in [0.1, 0.15) is 5.82 Å². The lowest BCUT2D eigenvalue weighted by Gasteiger charge is -2.40. The summed E-state index contributed by atoms with van der Waals surface area (Å²) in [6.45, 7) is 0.908. The van der Waals surface area contributed by atoms with Gasteiger partial charge in [-0.3, -0.25) is 5.10 Å². The van der Waals surface area contributed by atoms with Crippen LogP contribution in [0.3, 0.4) is 0 Å². The lowest BCUT2D eigenvalue weighted by atomic mass is 9.84. The summed E-state index contributed by atoms with van der Waals surface area (Å²) in [5, 5.41) is 11.1. The molecule has 1 aliphatic rings. The molecule has 2 aromatic heterocycles. The van der Waals surface area contributed by atoms with Crippen molar-refractivity contribution in [1.82, 2.24) is 20.2 Å². The van der Waals surface area contributed by atoms with Gasteiger partial charge in [-0.15, -0.1) is 0 Å². The van der Waals surface area contributed by atoms with E-state index in [0.29, 0.717) is 10.4 Å². The second-order valence-corrected chi connectivity index (χ2v) is 5.93. The molecule has 4 N–H and O–H groups in total. The molecule has 0 aromatic carbocycles. The largest absolute Gasteiger partial charge is 0.368 e. The van der Waals surface area contributed by atoms with E-state index in [2.05, 4.69) is 31.7 Å². The molecule has 18 heavy (non-hydrogen) atoms. The van der Waals surface area contributed by atoms with Crippen molar-refractivity contribution in [2.75, 3.05) is 23.9 Å². The van der Waals surface area contributed by atoms with Crippen molar-refractivity contribution in [2.45, 2.75) is 24.0 Å². The molecule has 0 spiro atoms. The van der Waals surface area contributed by atoms with Crippen LogP contribution in [0.2, 0.25) is 0 Å². The molecular formula is C11H16N6S. The van der Waals surface area contributed by atoms with E-state index < -0.39 is 0 Å². The van der Waals surface area contributed by atoms with Gasteiger partial charge in [-0.05, 0) is 19.1 Å². The first-order valence-corrected chi connectivity index (χ1v) is 7.20. The number of nitrogen functional groups attached to an aromatic ring is 1. The molecule has 1 aliphatic carbocycles. The number of thioether (sulfide) groups is 1. The number of hydrogen-bond acceptors (Lipinski definition) is 6. The lowest BCUT2D eigenvalue weighted by molar-refractivity contribution is 0.380. The van der Waals surface area contributed by atoms with Gasteiger partial charge in [-0.25, -0.2) is 0 Å². The number of anilines is 2. The van der Waals surface area contributed by atoms with Gasteiger partial charge in [-0.1, -0.05) is 6.42 Å². The summed E-state index contributed by atoms with van der Waals surface area (Å²) in [7, 11) is 0. The molecule has 0 bridgehead atoms. The van der Waals surface area contributed by atoms with E-state index in [0.717, 1.165) is 17.7 Å². The van der Waals surface area contributed by atoms with Crippen molar-refractivity contribution < 1.29 is 0 Å². The first-order chi connectivity index (χ1) is 8.72. The summed E-state index contributed by atoms with van der Waals surface area (Å²) in [5.74, 6) is 1.03. The summed E-state index contributed by atoms with van der Waals surface area (Å²) in [6.07, 6.45) is 7.73. The van der Waals surface area contributed by atoms with Gasteiger partial charge in [0.2, 0.25) is 5.95 Å². The third-order valence-corrected chi connectivity index (χ3v) is 5.02. The van der Waals surface area contributed by atoms with E-state index in [1.807, 2.05) is 11.8 Å². The highest BCUT2D eigenvalue weighted by molar-refractivity contribution is 8.00. The Morgan fingerprint density at radius 3 is 3.00 bits per heavy atom. The molecule has 1 fully saturated rings. The van der Waals surface area contributed by atoms with Crippen molar-refractivity contribution in [2.24, 2.45) is 0 Å². The zero-order chi connectivity index (χ0) is 12.6. The average Bonchev–Trinajstić information content (AvgIpc) is 2.75. The first-order valence-electron chi connectivity index (χ1n) is 5.98. The molecule has 1 saturated carbocycles. The van der Waals surface area contributed by atoms with E-state index in [4.69, 9.17) is 5.73 Å². The fraction of sp³-hybridized carbons (Fsp3) is 0.545. The van der Waals surface area contributed by atoms with Crippen LogP contribution in [0.25, 0.3) is 11.0 Å². The van der Waals surface area contributed by atoms with E-state index in [1.54, 1.807) is 6.20 Å². The topological polar surface area (TPSA) is 92.5 Å². The van der Waals surface area contributed by atoms with Crippen LogP contribution in [0.4, 0.5) is 11.8 Å². The second-order valence-electron chi connectivity index (χ2n) is 4.66. The van der Waals surface area contributed by atoms with Gasteiger partial charge < -0.3 is 11.1 Å². The number of aromatic amines is 1. The Labute approximate surface area is 109 Å². The van der Waals surface area contributed by atoms with Crippen LogP contribution in [-0.2, 0) is 0 Å². The average molecular weight is 264 g/mol. The Morgan fingerprint density at radius 1 is 1.50 bits per heavy atom. The van der Waals surface area contributed by atoms with Crippen LogP contribution in [0.15, 0.2) is 6.20 Å². The van der Waals surface area contributed by atoms with Gasteiger partial charge in [0.05, 0.1) is 11.6 Å². The van der Waals surface area contributed by atoms with Crippen molar-refractivity contribution in [3.05, 3.63) is 6.20 Å². The maximum Gasteiger partial charge on any atom is 0.224 e. The Bertz CT molecular complexity index is 556. The number of rotatable bonds is 4. The number of nitrogens with zero attached hydrogens (tertiary/aromatic N) is 3. The van der Waals surface area contributed by atoms with Crippen LogP contribution < -0.4 is 11.1 Å². The minimum atomic E-state index is 0.265. The lowest BCUT2D eigenvalue weighted by Crippen LogP contribution is -2.40. The number of nitrogens with one attached hydrogen (secondary N) is 2. The van der Waals surface area contributed by atoms with E-state index >= 15 is 0 Å². The zero-order valence-corrected chi connectivity index (χ0v) is 11.0. The molecule has 0 unspecified atom stereocenters. The highest BCUT2D eigenvalue weighted by Gasteiger charge is 2.36. The molecule has 3 rings (SSSR count). The third kappa shape index (κ3) is 1.88. The number of fused-ring (bicyclic) bond motifs is 1. The number of nitrogens with two attached hydrogens (primary N) is 1. The van der Waals surface area contributed by atoms with Crippen molar-refractivity contribution in [3.8, 4) is 0 Å². The highest BCUT2D eigenvalue weighted by atomic mass is 32.2. The Hall–Kier alpha value is -1.50. The Morgan fingerprint density at radius 2 is 2.33 bits per heavy atom. The normalized spacial score (nSPS) is 17.6. The molecule has 0 saturated heterocycles. The van der Waals surface area contributed by atoms with Crippen molar-refractivity contribution >= 4 is 34.6 Å². The van der Waals surface area contributed by atoms with Gasteiger partial charge in [0.25, 0.3) is 0 Å². The predicted octanol–water partition coefficient (Wildman–Crippen LogP) is 1.63. The summed E-state index contributed by atoms with van der Waals surface area (Å²) in [5.41, 5.74) is 6.36. The molecule has 0 radical (unpaired) electrons.